The molecule has 1 aliphatic rings. The minimum atomic E-state index is -3.75. The van der Waals surface area contributed by atoms with Crippen LogP contribution >= 0.6 is 0 Å². The lowest BCUT2D eigenvalue weighted by Gasteiger charge is -2.31. The molecule has 0 spiro atoms. The van der Waals surface area contributed by atoms with Gasteiger partial charge in [0.15, 0.2) is 0 Å². The van der Waals surface area contributed by atoms with Gasteiger partial charge in [0.2, 0.25) is 0 Å². The van der Waals surface area contributed by atoms with Crippen LogP contribution in [0, 0.1) is 0 Å². The van der Waals surface area contributed by atoms with Crippen LogP contribution in [0.25, 0.3) is 0 Å². The van der Waals surface area contributed by atoms with E-state index in [1.165, 1.54) is 0 Å². The van der Waals surface area contributed by atoms with E-state index in [0.29, 0.717) is 11.3 Å². The molecule has 0 radical (unpaired) electrons. The van der Waals surface area contributed by atoms with Crippen LogP contribution in [0.2, 0.25) is 0 Å². The van der Waals surface area contributed by atoms with E-state index in [1.54, 1.807) is 38.1 Å². The maximum absolute atomic E-state index is 12.0. The fraction of sp³-hybridized carbons (Fsp3) is 0.300. The van der Waals surface area contributed by atoms with Crippen LogP contribution in [0.4, 0.5) is 5.69 Å². The van der Waals surface area contributed by atoms with Gasteiger partial charge in [0.1, 0.15) is 0 Å². The first kappa shape index (κ1) is 13.5. The highest BCUT2D eigenvalue weighted by atomic mass is 32.2. The smallest absolute Gasteiger partial charge is 0.326 e. The molecule has 0 aromatic heterocycles. The Bertz CT molecular complexity index is 539. The summed E-state index contributed by atoms with van der Waals surface area (Å²) in [5, 5.41) is 0. The highest BCUT2D eigenvalue weighted by molar-refractivity contribution is 7.91. The van der Waals surface area contributed by atoms with E-state index in [-0.39, 0.29) is 6.15 Å². The van der Waals surface area contributed by atoms with Gasteiger partial charge in [-0.2, -0.15) is 8.42 Å². The Morgan fingerprint density at radius 3 is 2.41 bits per heavy atom. The van der Waals surface area contributed by atoms with Crippen molar-refractivity contribution in [1.29, 1.82) is 0 Å². The quantitative estimate of drug-likeness (QED) is 0.793. The number of nitrogens with zero attached hydrogens (tertiary/aromatic N) is 1. The number of rotatable bonds is 1. The Morgan fingerprint density at radius 1 is 1.24 bits per heavy atom. The molecule has 0 aliphatic carbocycles. The molecule has 1 aromatic rings. The molecule has 1 aliphatic heterocycles. The minimum Gasteiger partial charge on any atom is -0.344 e. The van der Waals surface area contributed by atoms with E-state index < -0.39 is 22.2 Å². The maximum Gasteiger partial charge on any atom is 0.326 e. The lowest BCUT2D eigenvalue weighted by Crippen LogP contribution is -2.48. The number of para-hydroxylation sites is 1. The number of fused-ring (bicyclic) bond motifs is 1. The Hall–Kier alpha value is -1.60. The number of carbonyl (C=O) groups is 1. The van der Waals surface area contributed by atoms with Crippen LogP contribution in [0.3, 0.4) is 0 Å². The number of hydrogen-bond acceptors (Lipinski definition) is 4. The molecule has 94 valence electrons. The van der Waals surface area contributed by atoms with E-state index in [1.807, 2.05) is 0 Å². The zero-order valence-electron chi connectivity index (χ0n) is 9.67. The normalized spacial score (nSPS) is 17.1. The Morgan fingerprint density at radius 2 is 1.82 bits per heavy atom. The van der Waals surface area contributed by atoms with Gasteiger partial charge in [-0.3, -0.25) is 9.52 Å². The Balaban J connectivity index is 0.00000144. The monoisotopic (exact) mass is 257 g/mol. The summed E-state index contributed by atoms with van der Waals surface area (Å²) in [7, 11) is -3.75. The number of hydrogen-bond donors (Lipinski definition) is 2. The lowest BCUT2D eigenvalue weighted by atomic mass is 10.1. The summed E-state index contributed by atoms with van der Waals surface area (Å²) in [6, 6.07) is 6.16. The van der Waals surface area contributed by atoms with Crippen LogP contribution in [-0.2, 0) is 10.2 Å². The van der Waals surface area contributed by atoms with Crippen LogP contribution < -0.4 is 10.9 Å². The summed E-state index contributed by atoms with van der Waals surface area (Å²) in [5.41, 5.74) is 0.718. The molecule has 2 rings (SSSR count). The van der Waals surface area contributed by atoms with Crippen LogP contribution in [0.1, 0.15) is 24.2 Å². The van der Waals surface area contributed by atoms with Gasteiger partial charge in [0.25, 0.3) is 5.91 Å². The molecular formula is C10H15N3O3S. The van der Waals surface area contributed by atoms with Crippen molar-refractivity contribution in [3.05, 3.63) is 29.8 Å². The third-order valence-corrected chi connectivity index (χ3v) is 3.91. The number of amides is 1. The average molecular weight is 257 g/mol. The summed E-state index contributed by atoms with van der Waals surface area (Å²) in [6.07, 6.45) is 0. The summed E-state index contributed by atoms with van der Waals surface area (Å²) < 4.78 is 26.8. The van der Waals surface area contributed by atoms with Gasteiger partial charge in [-0.1, -0.05) is 12.1 Å². The first-order chi connectivity index (χ1) is 7.43. The van der Waals surface area contributed by atoms with E-state index in [0.717, 1.165) is 4.31 Å². The fourth-order valence-corrected chi connectivity index (χ4v) is 3.11. The van der Waals surface area contributed by atoms with E-state index in [4.69, 9.17) is 0 Å². The molecule has 0 fully saturated rings. The van der Waals surface area contributed by atoms with Gasteiger partial charge in [-0.05, 0) is 26.0 Å². The van der Waals surface area contributed by atoms with Crippen LogP contribution in [0.5, 0.6) is 0 Å². The van der Waals surface area contributed by atoms with Crippen molar-refractivity contribution in [2.24, 2.45) is 0 Å². The van der Waals surface area contributed by atoms with Crippen molar-refractivity contribution in [2.75, 3.05) is 4.72 Å². The van der Waals surface area contributed by atoms with Gasteiger partial charge in [0.05, 0.1) is 11.3 Å². The number of anilines is 1. The fourth-order valence-electron chi connectivity index (χ4n) is 1.69. The molecule has 4 N–H and O–H groups in total. The molecule has 6 nitrogen and oxygen atoms in total. The molecule has 7 heteroatoms. The molecule has 0 unspecified atom stereocenters. The second-order valence-corrected chi connectivity index (χ2v) is 5.40. The third-order valence-electron chi connectivity index (χ3n) is 2.32. The van der Waals surface area contributed by atoms with Crippen molar-refractivity contribution >= 4 is 21.8 Å². The zero-order chi connectivity index (χ0) is 11.9. The Kier molecular flexibility index (Phi) is 3.44. The Labute approximate surface area is 100 Å². The minimum absolute atomic E-state index is 0. The van der Waals surface area contributed by atoms with Gasteiger partial charge < -0.3 is 6.15 Å². The van der Waals surface area contributed by atoms with E-state index in [2.05, 4.69) is 4.72 Å². The number of benzene rings is 1. The summed E-state index contributed by atoms with van der Waals surface area (Å²) in [6.45, 7) is 3.32. The molecule has 1 heterocycles. The highest BCUT2D eigenvalue weighted by Gasteiger charge is 2.36. The van der Waals surface area contributed by atoms with Gasteiger partial charge in [0, 0.05) is 6.04 Å². The van der Waals surface area contributed by atoms with E-state index in [9.17, 15) is 13.2 Å². The molecule has 17 heavy (non-hydrogen) atoms. The zero-order valence-corrected chi connectivity index (χ0v) is 10.5. The molecule has 0 bridgehead atoms. The second kappa shape index (κ2) is 4.34. The topological polar surface area (TPSA) is 101 Å². The first-order valence-electron chi connectivity index (χ1n) is 4.89. The predicted octanol–water partition coefficient (Wildman–Crippen LogP) is 1.37. The van der Waals surface area contributed by atoms with Gasteiger partial charge in [-0.25, -0.2) is 4.31 Å². The lowest BCUT2D eigenvalue weighted by molar-refractivity contribution is 0.0834. The van der Waals surface area contributed by atoms with Crippen LogP contribution in [-0.4, -0.2) is 24.7 Å². The van der Waals surface area contributed by atoms with Crippen molar-refractivity contribution < 1.29 is 13.2 Å². The summed E-state index contributed by atoms with van der Waals surface area (Å²) >= 11 is 0. The maximum atomic E-state index is 12.0. The van der Waals surface area contributed by atoms with Gasteiger partial charge in [-0.15, -0.1) is 0 Å². The SMILES string of the molecule is CC(C)N1C(=O)c2ccccc2NS1(=O)=O.N. The summed E-state index contributed by atoms with van der Waals surface area (Å²) in [5.74, 6) is -0.482. The van der Waals surface area contributed by atoms with E-state index >= 15 is 0 Å². The molecule has 0 saturated carbocycles. The molecular weight excluding hydrogens is 242 g/mol. The van der Waals surface area contributed by atoms with Crippen molar-refractivity contribution in [2.45, 2.75) is 19.9 Å². The molecule has 1 amide bonds. The van der Waals surface area contributed by atoms with Crippen molar-refractivity contribution in [3.63, 3.8) is 0 Å². The molecule has 0 atom stereocenters. The third kappa shape index (κ3) is 2.11. The first-order valence-corrected chi connectivity index (χ1v) is 6.33. The van der Waals surface area contributed by atoms with Crippen LogP contribution in [0.15, 0.2) is 24.3 Å². The van der Waals surface area contributed by atoms with Gasteiger partial charge >= 0.3 is 10.2 Å². The highest BCUT2D eigenvalue weighted by Crippen LogP contribution is 2.27. The average Bonchev–Trinajstić information content (AvgIpc) is 2.15. The number of nitrogens with one attached hydrogen (secondary N) is 1. The standard InChI is InChI=1S/C10H12N2O3S.H3N/c1-7(2)12-10(13)8-5-3-4-6-9(8)11-16(12,14)15;/h3-7,11H,1-2H3;1H3. The molecule has 0 saturated heterocycles. The van der Waals surface area contributed by atoms with Crippen molar-refractivity contribution in [3.8, 4) is 0 Å². The second-order valence-electron chi connectivity index (χ2n) is 3.85. The predicted molar refractivity (Wildman–Crippen MR) is 65.3 cm³/mol. The number of carbonyl (C=O) groups excluding carboxylic acids is 1. The van der Waals surface area contributed by atoms with Crippen molar-refractivity contribution in [1.82, 2.24) is 10.5 Å². The summed E-state index contributed by atoms with van der Waals surface area (Å²) in [4.78, 5) is 12.0. The largest absolute Gasteiger partial charge is 0.344 e. The molecule has 1 aromatic carbocycles.